The number of aliphatic hydroxyl groups is 1. The predicted octanol–water partition coefficient (Wildman–Crippen LogP) is 1.89. The van der Waals surface area contributed by atoms with Crippen LogP contribution in [0.25, 0.3) is 0 Å². The summed E-state index contributed by atoms with van der Waals surface area (Å²) < 4.78 is 5.57. The maximum Gasteiger partial charge on any atom is 0.319 e. The molecule has 2 atom stereocenters. The highest BCUT2D eigenvalue weighted by Crippen LogP contribution is 2.18. The summed E-state index contributed by atoms with van der Waals surface area (Å²) in [5.74, 6) is 0.646. The first-order valence-corrected chi connectivity index (χ1v) is 8.00. The maximum absolute atomic E-state index is 11.7. The molecule has 0 aromatic heterocycles. The van der Waals surface area contributed by atoms with Crippen LogP contribution in [0.4, 0.5) is 10.5 Å². The van der Waals surface area contributed by atoms with Gasteiger partial charge in [0.15, 0.2) is 0 Å². The molecule has 2 aromatic rings. The average Bonchev–Trinajstić information content (AvgIpc) is 2.59. The van der Waals surface area contributed by atoms with Crippen molar-refractivity contribution in [2.24, 2.45) is 0 Å². The largest absolute Gasteiger partial charge is 0.508 e. The van der Waals surface area contributed by atoms with Gasteiger partial charge in [-0.25, -0.2) is 4.79 Å². The van der Waals surface area contributed by atoms with Crippen LogP contribution in [-0.4, -0.2) is 41.7 Å². The van der Waals surface area contributed by atoms with E-state index < -0.39 is 6.10 Å². The third-order valence-electron chi connectivity index (χ3n) is 3.30. The molecule has 7 nitrogen and oxygen atoms in total. The Morgan fingerprint density at radius 2 is 1.88 bits per heavy atom. The number of phenolic OH excluding ortho intramolecular Hbond substituents is 1. The summed E-state index contributed by atoms with van der Waals surface area (Å²) in [7, 11) is 0. The molecule has 0 aliphatic carbocycles. The van der Waals surface area contributed by atoms with Gasteiger partial charge in [-0.1, -0.05) is 24.3 Å². The number of amides is 2. The highest BCUT2D eigenvalue weighted by molar-refractivity contribution is 5.89. The first-order chi connectivity index (χ1) is 12.0. The van der Waals surface area contributed by atoms with E-state index in [1.54, 1.807) is 37.3 Å². The van der Waals surface area contributed by atoms with Crippen LogP contribution in [0.15, 0.2) is 54.6 Å². The third kappa shape index (κ3) is 7.11. The monoisotopic (exact) mass is 345 g/mol. The van der Waals surface area contributed by atoms with E-state index in [9.17, 15) is 15.0 Å². The summed E-state index contributed by atoms with van der Waals surface area (Å²) in [4.78, 5) is 11.7. The highest BCUT2D eigenvalue weighted by atomic mass is 16.5. The molecule has 2 amide bonds. The van der Waals surface area contributed by atoms with Crippen molar-refractivity contribution in [3.63, 3.8) is 0 Å². The number of aliphatic hydroxyl groups excluding tert-OH is 1. The Kier molecular flexibility index (Phi) is 7.06. The minimum absolute atomic E-state index is 0.102. The molecule has 0 radical (unpaired) electrons. The minimum Gasteiger partial charge on any atom is -0.508 e. The summed E-state index contributed by atoms with van der Waals surface area (Å²) in [6, 6.07) is 15.1. The summed E-state index contributed by atoms with van der Waals surface area (Å²) in [5.41, 5.74) is 0.681. The standard InChI is InChI=1S/C18H23N3O4/c1-13(25-17-9-5-8-15(22)10-17)19-11-16(23)12-20-18(24)21-14-6-3-2-4-7-14/h2-10,13,16,19,22-23H,11-12H2,1H3,(H2,20,21,24). The van der Waals surface area contributed by atoms with E-state index in [0.717, 1.165) is 0 Å². The number of hydrogen-bond donors (Lipinski definition) is 5. The van der Waals surface area contributed by atoms with Gasteiger partial charge in [-0.2, -0.15) is 0 Å². The quantitative estimate of drug-likeness (QED) is 0.470. The van der Waals surface area contributed by atoms with Gasteiger partial charge in [-0.3, -0.25) is 5.32 Å². The summed E-state index contributed by atoms with van der Waals surface area (Å²) in [6.07, 6.45) is -1.13. The Morgan fingerprint density at radius 1 is 1.12 bits per heavy atom. The molecule has 2 unspecified atom stereocenters. The zero-order valence-electron chi connectivity index (χ0n) is 14.0. The van der Waals surface area contributed by atoms with Gasteiger partial charge in [0.1, 0.15) is 17.7 Å². The Morgan fingerprint density at radius 3 is 2.60 bits per heavy atom. The van der Waals surface area contributed by atoms with Crippen molar-refractivity contribution in [2.75, 3.05) is 18.4 Å². The van der Waals surface area contributed by atoms with Gasteiger partial charge in [0.05, 0.1) is 6.10 Å². The molecule has 0 aliphatic heterocycles. The molecule has 0 fully saturated rings. The van der Waals surface area contributed by atoms with Gasteiger partial charge in [0.2, 0.25) is 0 Å². The number of urea groups is 1. The number of hydrogen-bond acceptors (Lipinski definition) is 5. The molecule has 134 valence electrons. The molecule has 0 heterocycles. The number of ether oxygens (including phenoxy) is 1. The van der Waals surface area contributed by atoms with Gasteiger partial charge in [0, 0.05) is 24.8 Å². The lowest BCUT2D eigenvalue weighted by Gasteiger charge is -2.19. The molecule has 0 spiro atoms. The second-order valence-electron chi connectivity index (χ2n) is 5.52. The maximum atomic E-state index is 11.7. The van der Waals surface area contributed by atoms with Crippen LogP contribution in [0.1, 0.15) is 6.92 Å². The number of carbonyl (C=O) groups excluding carboxylic acids is 1. The lowest BCUT2D eigenvalue weighted by Crippen LogP contribution is -2.43. The molecule has 7 heteroatoms. The fraction of sp³-hybridized carbons (Fsp3) is 0.278. The molecule has 2 rings (SSSR count). The lowest BCUT2D eigenvalue weighted by atomic mass is 10.3. The first-order valence-electron chi connectivity index (χ1n) is 8.00. The van der Waals surface area contributed by atoms with Crippen LogP contribution >= 0.6 is 0 Å². The van der Waals surface area contributed by atoms with E-state index in [1.807, 2.05) is 18.2 Å². The van der Waals surface area contributed by atoms with Crippen molar-refractivity contribution in [3.05, 3.63) is 54.6 Å². The predicted molar refractivity (Wildman–Crippen MR) is 95.7 cm³/mol. The van der Waals surface area contributed by atoms with Crippen LogP contribution in [0.3, 0.4) is 0 Å². The zero-order chi connectivity index (χ0) is 18.1. The van der Waals surface area contributed by atoms with E-state index in [2.05, 4.69) is 16.0 Å². The molecule has 0 bridgehead atoms. The number of benzene rings is 2. The van der Waals surface area contributed by atoms with Crippen molar-refractivity contribution < 1.29 is 19.7 Å². The minimum atomic E-state index is -0.767. The third-order valence-corrected chi connectivity index (χ3v) is 3.30. The molecule has 0 saturated heterocycles. The van der Waals surface area contributed by atoms with E-state index in [0.29, 0.717) is 11.4 Å². The molecule has 0 aliphatic rings. The van der Waals surface area contributed by atoms with Gasteiger partial charge in [-0.05, 0) is 31.2 Å². The molecular weight excluding hydrogens is 322 g/mol. The number of anilines is 1. The summed E-state index contributed by atoms with van der Waals surface area (Å²) >= 11 is 0. The molecule has 25 heavy (non-hydrogen) atoms. The molecule has 2 aromatic carbocycles. The van der Waals surface area contributed by atoms with Gasteiger partial charge in [0.25, 0.3) is 0 Å². The van der Waals surface area contributed by atoms with Crippen LogP contribution in [0.2, 0.25) is 0 Å². The molecule has 0 saturated carbocycles. The summed E-state index contributed by atoms with van der Waals surface area (Å²) in [6.45, 7) is 2.13. The Bertz CT molecular complexity index is 666. The Hall–Kier alpha value is -2.77. The van der Waals surface area contributed by atoms with Gasteiger partial charge in [-0.15, -0.1) is 0 Å². The van der Waals surface area contributed by atoms with Crippen molar-refractivity contribution in [1.82, 2.24) is 10.6 Å². The zero-order valence-corrected chi connectivity index (χ0v) is 14.0. The van der Waals surface area contributed by atoms with Crippen molar-refractivity contribution in [3.8, 4) is 11.5 Å². The Balaban J connectivity index is 1.64. The first kappa shape index (κ1) is 18.6. The second-order valence-corrected chi connectivity index (χ2v) is 5.52. The molecular formula is C18H23N3O4. The number of rotatable bonds is 8. The van der Waals surface area contributed by atoms with E-state index in [4.69, 9.17) is 4.74 Å². The van der Waals surface area contributed by atoms with Crippen molar-refractivity contribution >= 4 is 11.7 Å². The number of phenols is 1. The van der Waals surface area contributed by atoms with Gasteiger partial charge < -0.3 is 25.6 Å². The van der Waals surface area contributed by atoms with E-state index >= 15 is 0 Å². The Labute approximate surface area is 146 Å². The second kappa shape index (κ2) is 9.51. The number of carbonyl (C=O) groups is 1. The fourth-order valence-electron chi connectivity index (χ4n) is 2.08. The van der Waals surface area contributed by atoms with Crippen LogP contribution in [0.5, 0.6) is 11.5 Å². The molecule has 5 N–H and O–H groups in total. The SMILES string of the molecule is CC(NCC(O)CNC(=O)Nc1ccccc1)Oc1cccc(O)c1. The van der Waals surface area contributed by atoms with Crippen molar-refractivity contribution in [2.45, 2.75) is 19.3 Å². The number of aromatic hydroxyl groups is 1. The van der Waals surface area contributed by atoms with Crippen molar-refractivity contribution in [1.29, 1.82) is 0 Å². The topological polar surface area (TPSA) is 103 Å². The summed E-state index contributed by atoms with van der Waals surface area (Å²) in [5, 5.41) is 27.6. The number of nitrogens with one attached hydrogen (secondary N) is 3. The smallest absolute Gasteiger partial charge is 0.319 e. The van der Waals surface area contributed by atoms with Gasteiger partial charge >= 0.3 is 6.03 Å². The lowest BCUT2D eigenvalue weighted by molar-refractivity contribution is 0.127. The number of para-hydroxylation sites is 1. The van der Waals surface area contributed by atoms with Crippen LogP contribution in [-0.2, 0) is 0 Å². The highest BCUT2D eigenvalue weighted by Gasteiger charge is 2.10. The average molecular weight is 345 g/mol. The van der Waals surface area contributed by atoms with E-state index in [1.165, 1.54) is 6.07 Å². The van der Waals surface area contributed by atoms with Crippen LogP contribution < -0.4 is 20.7 Å². The van der Waals surface area contributed by atoms with E-state index in [-0.39, 0.29) is 31.1 Å². The van der Waals surface area contributed by atoms with Crippen LogP contribution in [0, 0.1) is 0 Å². The normalized spacial score (nSPS) is 12.9. The fourth-order valence-corrected chi connectivity index (χ4v) is 2.08.